The first-order chi connectivity index (χ1) is 12.0. The second-order valence-corrected chi connectivity index (χ2v) is 6.93. The van der Waals surface area contributed by atoms with E-state index in [0.717, 1.165) is 15.7 Å². The number of methoxy groups -OCH3 is 1. The van der Waals surface area contributed by atoms with Crippen LogP contribution in [0.2, 0.25) is 0 Å². The van der Waals surface area contributed by atoms with Crippen molar-refractivity contribution in [3.8, 4) is 5.75 Å². The van der Waals surface area contributed by atoms with Crippen molar-refractivity contribution in [2.24, 2.45) is 5.92 Å². The molecule has 6 heteroatoms. The van der Waals surface area contributed by atoms with Crippen LogP contribution < -0.4 is 15.0 Å². The van der Waals surface area contributed by atoms with Crippen molar-refractivity contribution < 1.29 is 14.3 Å². The number of hydrogen-bond donors (Lipinski definition) is 1. The van der Waals surface area contributed by atoms with Crippen LogP contribution in [0, 0.1) is 12.8 Å². The van der Waals surface area contributed by atoms with Gasteiger partial charge in [0.15, 0.2) is 0 Å². The summed E-state index contributed by atoms with van der Waals surface area (Å²) < 4.78 is 6.03. The number of carbonyl (C=O) groups excluding carboxylic acids is 2. The Morgan fingerprint density at radius 2 is 2.08 bits per heavy atom. The van der Waals surface area contributed by atoms with Crippen LogP contribution >= 0.6 is 15.9 Å². The molecule has 25 heavy (non-hydrogen) atoms. The zero-order valence-electron chi connectivity index (χ0n) is 14.1. The van der Waals surface area contributed by atoms with Gasteiger partial charge in [0.1, 0.15) is 5.75 Å². The fourth-order valence-corrected chi connectivity index (χ4v) is 3.46. The van der Waals surface area contributed by atoms with E-state index in [9.17, 15) is 9.59 Å². The Morgan fingerprint density at radius 1 is 1.28 bits per heavy atom. The first-order valence-electron chi connectivity index (χ1n) is 7.99. The Hall–Kier alpha value is -2.34. The summed E-state index contributed by atoms with van der Waals surface area (Å²) in [5.41, 5.74) is 2.56. The molecule has 1 atom stereocenters. The first-order valence-corrected chi connectivity index (χ1v) is 8.78. The highest BCUT2D eigenvalue weighted by Crippen LogP contribution is 2.29. The number of hydrogen-bond acceptors (Lipinski definition) is 3. The van der Waals surface area contributed by atoms with Crippen molar-refractivity contribution in [1.82, 2.24) is 0 Å². The summed E-state index contributed by atoms with van der Waals surface area (Å²) in [6.45, 7) is 2.35. The second kappa shape index (κ2) is 7.27. The zero-order valence-corrected chi connectivity index (χ0v) is 15.7. The summed E-state index contributed by atoms with van der Waals surface area (Å²) in [6.07, 6.45) is 0.201. The van der Waals surface area contributed by atoms with Crippen LogP contribution in [0.4, 0.5) is 11.4 Å². The quantitative estimate of drug-likeness (QED) is 0.846. The minimum atomic E-state index is -0.382. The van der Waals surface area contributed by atoms with Crippen molar-refractivity contribution in [3.63, 3.8) is 0 Å². The summed E-state index contributed by atoms with van der Waals surface area (Å²) >= 11 is 3.45. The number of halogens is 1. The molecule has 3 rings (SSSR count). The van der Waals surface area contributed by atoms with Gasteiger partial charge >= 0.3 is 0 Å². The van der Waals surface area contributed by atoms with Gasteiger partial charge in [-0.15, -0.1) is 0 Å². The highest BCUT2D eigenvalue weighted by Gasteiger charge is 2.35. The Labute approximate surface area is 155 Å². The molecule has 1 saturated heterocycles. The molecule has 2 amide bonds. The van der Waals surface area contributed by atoms with Crippen molar-refractivity contribution in [2.75, 3.05) is 23.9 Å². The molecule has 0 spiro atoms. The van der Waals surface area contributed by atoms with Gasteiger partial charge in [-0.3, -0.25) is 9.59 Å². The molecular formula is C19H19BrN2O3. The van der Waals surface area contributed by atoms with Crippen LogP contribution in [-0.2, 0) is 9.59 Å². The number of anilines is 2. The summed E-state index contributed by atoms with van der Waals surface area (Å²) in [5.74, 6) is 0.0911. The number of nitrogens with zero attached hydrogens (tertiary/aromatic N) is 1. The number of carbonyl (C=O) groups is 2. The number of aryl methyl sites for hydroxylation is 1. The third-order valence-corrected chi connectivity index (χ3v) is 4.90. The lowest BCUT2D eigenvalue weighted by Crippen LogP contribution is -2.28. The summed E-state index contributed by atoms with van der Waals surface area (Å²) in [4.78, 5) is 26.5. The van der Waals surface area contributed by atoms with E-state index < -0.39 is 0 Å². The van der Waals surface area contributed by atoms with E-state index in [1.807, 2.05) is 43.3 Å². The van der Waals surface area contributed by atoms with Crippen molar-refractivity contribution in [1.29, 1.82) is 0 Å². The van der Waals surface area contributed by atoms with Crippen molar-refractivity contribution >= 4 is 39.1 Å². The Morgan fingerprint density at radius 3 is 2.80 bits per heavy atom. The van der Waals surface area contributed by atoms with Gasteiger partial charge in [-0.05, 0) is 52.7 Å². The molecule has 2 aromatic rings. The molecular weight excluding hydrogens is 384 g/mol. The third kappa shape index (κ3) is 3.85. The molecule has 0 saturated carbocycles. The smallest absolute Gasteiger partial charge is 0.229 e. The highest BCUT2D eigenvalue weighted by molar-refractivity contribution is 9.10. The van der Waals surface area contributed by atoms with Gasteiger partial charge in [-0.25, -0.2) is 0 Å². The molecule has 1 aliphatic heterocycles. The minimum absolute atomic E-state index is 0.0589. The SMILES string of the molecule is COc1cccc(N2CC(C(=O)Nc3ccc(C)cc3Br)CC2=O)c1. The zero-order chi connectivity index (χ0) is 18.0. The van der Waals surface area contributed by atoms with E-state index in [1.54, 1.807) is 18.1 Å². The third-order valence-electron chi connectivity index (χ3n) is 4.24. The standard InChI is InChI=1S/C19H19BrN2O3/c1-12-6-7-17(16(20)8-12)21-19(24)13-9-18(23)22(11-13)14-4-3-5-15(10-14)25-2/h3-8,10,13H,9,11H2,1-2H3,(H,21,24). The van der Waals surface area contributed by atoms with Gasteiger partial charge in [0.05, 0.1) is 18.7 Å². The molecule has 130 valence electrons. The largest absolute Gasteiger partial charge is 0.497 e. The lowest BCUT2D eigenvalue weighted by atomic mass is 10.1. The van der Waals surface area contributed by atoms with Crippen LogP contribution in [0.1, 0.15) is 12.0 Å². The highest BCUT2D eigenvalue weighted by atomic mass is 79.9. The number of nitrogens with one attached hydrogen (secondary N) is 1. The molecule has 5 nitrogen and oxygen atoms in total. The topological polar surface area (TPSA) is 58.6 Å². The van der Waals surface area contributed by atoms with Gasteiger partial charge in [0, 0.05) is 29.2 Å². The lowest BCUT2D eigenvalue weighted by Gasteiger charge is -2.17. The molecule has 0 aliphatic carbocycles. The minimum Gasteiger partial charge on any atom is -0.497 e. The fourth-order valence-electron chi connectivity index (χ4n) is 2.87. The van der Waals surface area contributed by atoms with Crippen molar-refractivity contribution in [2.45, 2.75) is 13.3 Å². The molecule has 1 fully saturated rings. The first kappa shape index (κ1) is 17.5. The summed E-state index contributed by atoms with van der Waals surface area (Å²) in [6, 6.07) is 13.0. The number of benzene rings is 2. The van der Waals surface area contributed by atoms with Crippen LogP contribution in [-0.4, -0.2) is 25.5 Å². The monoisotopic (exact) mass is 402 g/mol. The molecule has 1 N–H and O–H groups in total. The van der Waals surface area contributed by atoms with Crippen LogP contribution in [0.3, 0.4) is 0 Å². The number of ether oxygens (including phenoxy) is 1. The van der Waals surface area contributed by atoms with Crippen LogP contribution in [0.25, 0.3) is 0 Å². The Bertz CT molecular complexity index is 822. The average molecular weight is 403 g/mol. The van der Waals surface area contributed by atoms with E-state index in [2.05, 4.69) is 21.2 Å². The maximum atomic E-state index is 12.6. The van der Waals surface area contributed by atoms with Gasteiger partial charge in [0.25, 0.3) is 0 Å². The maximum Gasteiger partial charge on any atom is 0.229 e. The predicted molar refractivity (Wildman–Crippen MR) is 101 cm³/mol. The normalized spacial score (nSPS) is 16.8. The molecule has 0 radical (unpaired) electrons. The molecule has 0 aromatic heterocycles. The van der Waals surface area contributed by atoms with Crippen LogP contribution in [0.15, 0.2) is 46.9 Å². The van der Waals surface area contributed by atoms with Gasteiger partial charge in [-0.2, -0.15) is 0 Å². The van der Waals surface area contributed by atoms with Crippen molar-refractivity contribution in [3.05, 3.63) is 52.5 Å². The molecule has 1 heterocycles. The lowest BCUT2D eigenvalue weighted by molar-refractivity contribution is -0.122. The Kier molecular flexibility index (Phi) is 5.08. The van der Waals surface area contributed by atoms with Gasteiger partial charge in [0.2, 0.25) is 11.8 Å². The second-order valence-electron chi connectivity index (χ2n) is 6.08. The van der Waals surface area contributed by atoms with E-state index in [4.69, 9.17) is 4.74 Å². The van der Waals surface area contributed by atoms with Crippen LogP contribution in [0.5, 0.6) is 5.75 Å². The van der Waals surface area contributed by atoms with E-state index in [0.29, 0.717) is 18.0 Å². The van der Waals surface area contributed by atoms with Gasteiger partial charge < -0.3 is 15.0 Å². The molecule has 1 unspecified atom stereocenters. The molecule has 2 aromatic carbocycles. The van der Waals surface area contributed by atoms with E-state index in [1.165, 1.54) is 0 Å². The Balaban J connectivity index is 1.72. The van der Waals surface area contributed by atoms with E-state index >= 15 is 0 Å². The maximum absolute atomic E-state index is 12.6. The average Bonchev–Trinajstić information content (AvgIpc) is 2.99. The number of amides is 2. The molecule has 1 aliphatic rings. The molecule has 0 bridgehead atoms. The predicted octanol–water partition coefficient (Wildman–Crippen LogP) is 3.76. The van der Waals surface area contributed by atoms with Gasteiger partial charge in [-0.1, -0.05) is 12.1 Å². The number of rotatable bonds is 4. The summed E-state index contributed by atoms with van der Waals surface area (Å²) in [7, 11) is 1.58. The summed E-state index contributed by atoms with van der Waals surface area (Å²) in [5, 5.41) is 2.91. The van der Waals surface area contributed by atoms with E-state index in [-0.39, 0.29) is 24.2 Å². The fraction of sp³-hybridized carbons (Fsp3) is 0.263.